The number of aryl methyl sites for hydroxylation is 1. The second-order valence-electron chi connectivity index (χ2n) is 7.53. The fraction of sp³-hybridized carbons (Fsp3) is 0.115. The molecule has 0 aliphatic rings. The molecule has 0 spiro atoms. The van der Waals surface area contributed by atoms with E-state index in [2.05, 4.69) is 77.5 Å². The van der Waals surface area contributed by atoms with Gasteiger partial charge in [-0.2, -0.15) is 0 Å². The molecule has 5 rings (SSSR count). The first kappa shape index (κ1) is 18.6. The highest BCUT2D eigenvalue weighted by Crippen LogP contribution is 2.36. The predicted molar refractivity (Wildman–Crippen MR) is 126 cm³/mol. The molecule has 2 aromatic heterocycles. The Balaban J connectivity index is 1.77. The number of hydrogen-bond donors (Lipinski definition) is 1. The number of benzene rings is 3. The van der Waals surface area contributed by atoms with Crippen molar-refractivity contribution in [1.29, 1.82) is 0 Å². The Bertz CT molecular complexity index is 1360. The van der Waals surface area contributed by atoms with Gasteiger partial charge in [-0.1, -0.05) is 55.5 Å². The van der Waals surface area contributed by atoms with Gasteiger partial charge in [-0.3, -0.25) is 4.79 Å². The molecule has 4 heteroatoms. The van der Waals surface area contributed by atoms with Crippen LogP contribution in [0.1, 0.15) is 28.4 Å². The van der Waals surface area contributed by atoms with Crippen LogP contribution >= 0.6 is 11.3 Å². The van der Waals surface area contributed by atoms with Crippen LogP contribution in [-0.2, 0) is 13.0 Å². The third-order valence-corrected chi connectivity index (χ3v) is 6.65. The number of aromatic nitrogens is 1. The summed E-state index contributed by atoms with van der Waals surface area (Å²) in [4.78, 5) is 13.4. The van der Waals surface area contributed by atoms with Crippen molar-refractivity contribution >= 4 is 39.0 Å². The maximum atomic E-state index is 12.2. The Morgan fingerprint density at radius 3 is 2.43 bits per heavy atom. The Kier molecular flexibility index (Phi) is 4.64. The molecule has 0 aliphatic heterocycles. The zero-order valence-corrected chi connectivity index (χ0v) is 17.6. The van der Waals surface area contributed by atoms with Crippen molar-refractivity contribution in [3.63, 3.8) is 0 Å². The number of carbonyl (C=O) groups is 1. The summed E-state index contributed by atoms with van der Waals surface area (Å²) in [5.41, 5.74) is 12.2. The van der Waals surface area contributed by atoms with Crippen molar-refractivity contribution < 1.29 is 4.79 Å². The first-order chi connectivity index (χ1) is 14.7. The van der Waals surface area contributed by atoms with Gasteiger partial charge in [0.25, 0.3) is 0 Å². The quantitative estimate of drug-likeness (QED) is 0.367. The van der Waals surface area contributed by atoms with E-state index in [1.54, 1.807) is 11.3 Å². The molecule has 0 saturated heterocycles. The van der Waals surface area contributed by atoms with E-state index >= 15 is 0 Å². The Morgan fingerprint density at radius 1 is 0.933 bits per heavy atom. The third kappa shape index (κ3) is 3.10. The minimum absolute atomic E-state index is 0.394. The Labute approximate surface area is 179 Å². The first-order valence-electron chi connectivity index (χ1n) is 10.1. The predicted octanol–water partition coefficient (Wildman–Crippen LogP) is 6.23. The van der Waals surface area contributed by atoms with Gasteiger partial charge in [0.2, 0.25) is 5.91 Å². The normalized spacial score (nSPS) is 11.4. The summed E-state index contributed by atoms with van der Waals surface area (Å²) in [6.07, 6.45) is 1.03. The van der Waals surface area contributed by atoms with E-state index in [-0.39, 0.29) is 0 Å². The second kappa shape index (κ2) is 7.47. The lowest BCUT2D eigenvalue weighted by Crippen LogP contribution is -2.11. The standard InChI is InChI=1S/C26H22N2OS/c1-2-17-8-10-18(11-9-17)16-28-22-6-3-5-21(26(27)29)25(22)20-13-12-19(15-23(20)28)24-7-4-14-30-24/h3-15H,2,16H2,1H3,(H2,27,29). The monoisotopic (exact) mass is 410 g/mol. The van der Waals surface area contributed by atoms with Gasteiger partial charge in [0, 0.05) is 27.8 Å². The van der Waals surface area contributed by atoms with Crippen LogP contribution in [0.3, 0.4) is 0 Å². The minimum Gasteiger partial charge on any atom is -0.366 e. The number of nitrogens with zero attached hydrogens (tertiary/aromatic N) is 1. The smallest absolute Gasteiger partial charge is 0.249 e. The molecular formula is C26H22N2OS. The van der Waals surface area contributed by atoms with Crippen molar-refractivity contribution in [3.05, 3.63) is 94.9 Å². The Hall–Kier alpha value is -3.37. The molecule has 0 saturated carbocycles. The molecule has 5 aromatic rings. The number of fused-ring (bicyclic) bond motifs is 3. The van der Waals surface area contributed by atoms with Gasteiger partial charge in [-0.05, 0) is 52.8 Å². The van der Waals surface area contributed by atoms with E-state index in [1.165, 1.54) is 21.6 Å². The molecule has 3 nitrogen and oxygen atoms in total. The SMILES string of the molecule is CCc1ccc(Cn2c3cc(-c4cccs4)ccc3c3c(C(N)=O)cccc32)cc1. The van der Waals surface area contributed by atoms with E-state index in [0.717, 1.165) is 34.8 Å². The molecular weight excluding hydrogens is 388 g/mol. The number of carbonyl (C=O) groups excluding carboxylic acids is 1. The van der Waals surface area contributed by atoms with E-state index < -0.39 is 5.91 Å². The van der Waals surface area contributed by atoms with Gasteiger partial charge in [-0.15, -0.1) is 11.3 Å². The average molecular weight is 411 g/mol. The average Bonchev–Trinajstić information content (AvgIpc) is 3.41. The van der Waals surface area contributed by atoms with Gasteiger partial charge in [-0.25, -0.2) is 0 Å². The third-order valence-electron chi connectivity index (χ3n) is 5.73. The summed E-state index contributed by atoms with van der Waals surface area (Å²) in [5.74, 6) is -0.394. The molecule has 0 unspecified atom stereocenters. The van der Waals surface area contributed by atoms with Crippen LogP contribution in [0.2, 0.25) is 0 Å². The molecule has 3 aromatic carbocycles. The molecule has 0 bridgehead atoms. The van der Waals surface area contributed by atoms with E-state index in [4.69, 9.17) is 5.73 Å². The van der Waals surface area contributed by atoms with E-state index in [0.29, 0.717) is 5.56 Å². The minimum atomic E-state index is -0.394. The van der Waals surface area contributed by atoms with Crippen molar-refractivity contribution in [1.82, 2.24) is 4.57 Å². The topological polar surface area (TPSA) is 48.0 Å². The maximum absolute atomic E-state index is 12.2. The summed E-state index contributed by atoms with van der Waals surface area (Å²) in [7, 11) is 0. The molecule has 0 fully saturated rings. The van der Waals surface area contributed by atoms with Crippen LogP contribution < -0.4 is 5.73 Å². The van der Waals surface area contributed by atoms with Crippen LogP contribution in [0.25, 0.3) is 32.2 Å². The first-order valence-corrected chi connectivity index (χ1v) is 11.0. The molecule has 30 heavy (non-hydrogen) atoms. The van der Waals surface area contributed by atoms with Gasteiger partial charge < -0.3 is 10.3 Å². The van der Waals surface area contributed by atoms with Gasteiger partial charge in [0.15, 0.2) is 0 Å². The maximum Gasteiger partial charge on any atom is 0.249 e. The highest BCUT2D eigenvalue weighted by atomic mass is 32.1. The number of rotatable bonds is 5. The number of thiophene rings is 1. The fourth-order valence-electron chi connectivity index (χ4n) is 4.18. The van der Waals surface area contributed by atoms with Crippen molar-refractivity contribution in [2.75, 3.05) is 0 Å². The van der Waals surface area contributed by atoms with Crippen LogP contribution in [0.4, 0.5) is 0 Å². The second-order valence-corrected chi connectivity index (χ2v) is 8.48. The molecule has 1 amide bonds. The molecule has 0 atom stereocenters. The summed E-state index contributed by atoms with van der Waals surface area (Å²) in [6.45, 7) is 2.90. The van der Waals surface area contributed by atoms with E-state index in [9.17, 15) is 4.79 Å². The Morgan fingerprint density at radius 2 is 1.73 bits per heavy atom. The highest BCUT2D eigenvalue weighted by molar-refractivity contribution is 7.13. The van der Waals surface area contributed by atoms with Gasteiger partial charge in [0.1, 0.15) is 0 Å². The summed E-state index contributed by atoms with van der Waals surface area (Å²) in [6, 6.07) is 25.3. The lowest BCUT2D eigenvalue weighted by atomic mass is 10.0. The summed E-state index contributed by atoms with van der Waals surface area (Å²) < 4.78 is 2.30. The number of primary amides is 1. The van der Waals surface area contributed by atoms with Gasteiger partial charge >= 0.3 is 0 Å². The molecule has 0 radical (unpaired) electrons. The molecule has 2 N–H and O–H groups in total. The van der Waals surface area contributed by atoms with Crippen molar-refractivity contribution in [2.45, 2.75) is 19.9 Å². The van der Waals surface area contributed by atoms with Gasteiger partial charge in [0.05, 0.1) is 11.0 Å². The number of amides is 1. The van der Waals surface area contributed by atoms with Crippen LogP contribution in [-0.4, -0.2) is 10.5 Å². The zero-order chi connectivity index (χ0) is 20.7. The van der Waals surface area contributed by atoms with E-state index in [1.807, 2.05) is 12.1 Å². The summed E-state index contributed by atoms with van der Waals surface area (Å²) >= 11 is 1.73. The number of nitrogens with two attached hydrogens (primary N) is 1. The fourth-order valence-corrected chi connectivity index (χ4v) is 4.90. The van der Waals surface area contributed by atoms with Crippen LogP contribution in [0, 0.1) is 0 Å². The largest absolute Gasteiger partial charge is 0.366 e. The molecule has 148 valence electrons. The van der Waals surface area contributed by atoms with Crippen molar-refractivity contribution in [2.24, 2.45) is 5.73 Å². The highest BCUT2D eigenvalue weighted by Gasteiger charge is 2.17. The zero-order valence-electron chi connectivity index (χ0n) is 16.8. The molecule has 2 heterocycles. The van der Waals surface area contributed by atoms with Crippen LogP contribution in [0.5, 0.6) is 0 Å². The lowest BCUT2D eigenvalue weighted by Gasteiger charge is -2.09. The molecule has 0 aliphatic carbocycles. The van der Waals surface area contributed by atoms with Crippen LogP contribution in [0.15, 0.2) is 78.2 Å². The lowest BCUT2D eigenvalue weighted by molar-refractivity contribution is 0.100. The van der Waals surface area contributed by atoms with Crippen molar-refractivity contribution in [3.8, 4) is 10.4 Å². The number of hydrogen-bond acceptors (Lipinski definition) is 2. The summed E-state index contributed by atoms with van der Waals surface area (Å²) in [5, 5.41) is 4.09.